The Bertz CT molecular complexity index is 657. The van der Waals surface area contributed by atoms with E-state index in [1.807, 2.05) is 30.5 Å². The lowest BCUT2D eigenvalue weighted by Crippen LogP contribution is -2.17. The summed E-state index contributed by atoms with van der Waals surface area (Å²) >= 11 is 6.35. The Kier molecular flexibility index (Phi) is 3.53. The van der Waals surface area contributed by atoms with Gasteiger partial charge in [-0.3, -0.25) is 0 Å². The highest BCUT2D eigenvalue weighted by Crippen LogP contribution is 2.26. The predicted octanol–water partition coefficient (Wildman–Crippen LogP) is 2.88. The maximum Gasteiger partial charge on any atom is 0.107 e. The Morgan fingerprint density at radius 3 is 2.95 bits per heavy atom. The van der Waals surface area contributed by atoms with Gasteiger partial charge in [0.2, 0.25) is 0 Å². The number of H-pyrrole nitrogens is 2. The number of benzene rings is 1. The van der Waals surface area contributed by atoms with Gasteiger partial charge in [0, 0.05) is 48.5 Å². The highest BCUT2D eigenvalue weighted by Gasteiger charge is 2.08. The molecule has 0 spiro atoms. The summed E-state index contributed by atoms with van der Waals surface area (Å²) in [6, 6.07) is 8.06. The summed E-state index contributed by atoms with van der Waals surface area (Å²) in [5.41, 5.74) is 2.11. The molecule has 3 aromatic rings. The fourth-order valence-electron chi connectivity index (χ4n) is 2.14. The molecule has 0 fully saturated rings. The van der Waals surface area contributed by atoms with Crippen LogP contribution in [0.25, 0.3) is 10.9 Å². The molecule has 0 amide bonds. The van der Waals surface area contributed by atoms with Crippen molar-refractivity contribution in [3.63, 3.8) is 0 Å². The van der Waals surface area contributed by atoms with Crippen molar-refractivity contribution < 1.29 is 0 Å². The van der Waals surface area contributed by atoms with Crippen LogP contribution in [-0.2, 0) is 13.0 Å². The Morgan fingerprint density at radius 1 is 1.26 bits per heavy atom. The van der Waals surface area contributed by atoms with E-state index in [-0.39, 0.29) is 0 Å². The average molecular weight is 275 g/mol. The van der Waals surface area contributed by atoms with E-state index >= 15 is 0 Å². The minimum atomic E-state index is 0.730. The molecule has 2 aromatic heterocycles. The van der Waals surface area contributed by atoms with E-state index in [2.05, 4.69) is 20.3 Å². The first-order valence-electron chi connectivity index (χ1n) is 6.28. The molecule has 0 saturated carbocycles. The first-order chi connectivity index (χ1) is 9.34. The van der Waals surface area contributed by atoms with Gasteiger partial charge in [0.1, 0.15) is 5.82 Å². The maximum absolute atomic E-state index is 6.35. The zero-order valence-electron chi connectivity index (χ0n) is 10.4. The van der Waals surface area contributed by atoms with Gasteiger partial charge < -0.3 is 15.3 Å². The van der Waals surface area contributed by atoms with Crippen molar-refractivity contribution in [3.05, 3.63) is 53.2 Å². The molecular formula is C14H15ClN4. The number of aromatic amines is 2. The summed E-state index contributed by atoms with van der Waals surface area (Å²) in [5.74, 6) is 0.996. The van der Waals surface area contributed by atoms with Gasteiger partial charge in [-0.25, -0.2) is 4.98 Å². The normalized spacial score (nSPS) is 11.2. The topological polar surface area (TPSA) is 56.5 Å². The van der Waals surface area contributed by atoms with E-state index in [4.69, 9.17) is 11.6 Å². The molecule has 0 aliphatic carbocycles. The molecule has 0 radical (unpaired) electrons. The monoisotopic (exact) mass is 274 g/mol. The van der Waals surface area contributed by atoms with Crippen LogP contribution in [0.15, 0.2) is 36.7 Å². The van der Waals surface area contributed by atoms with E-state index in [0.29, 0.717) is 0 Å². The lowest BCUT2D eigenvalue weighted by atomic mass is 10.2. The van der Waals surface area contributed by atoms with Crippen LogP contribution in [0.1, 0.15) is 11.5 Å². The van der Waals surface area contributed by atoms with E-state index in [0.717, 1.165) is 47.0 Å². The van der Waals surface area contributed by atoms with Gasteiger partial charge in [-0.2, -0.15) is 0 Å². The highest BCUT2D eigenvalue weighted by atomic mass is 35.5. The molecular weight excluding hydrogens is 260 g/mol. The second-order valence-electron chi connectivity index (χ2n) is 4.43. The zero-order valence-corrected chi connectivity index (χ0v) is 11.2. The van der Waals surface area contributed by atoms with Crippen LogP contribution >= 0.6 is 11.6 Å². The summed E-state index contributed by atoms with van der Waals surface area (Å²) in [7, 11) is 0. The van der Waals surface area contributed by atoms with Crippen LogP contribution in [0.5, 0.6) is 0 Å². The Labute approximate surface area is 116 Å². The standard InChI is InChI=1S/C14H15ClN4/c15-14-10-3-1-2-4-11(10)19-12(14)9-16-6-5-13-17-7-8-18-13/h1-4,7-8,16,19H,5-6,9H2,(H,17,18). The molecule has 2 heterocycles. The number of hydrogen-bond acceptors (Lipinski definition) is 2. The number of para-hydroxylation sites is 1. The fourth-order valence-corrected chi connectivity index (χ4v) is 2.42. The quantitative estimate of drug-likeness (QED) is 0.627. The van der Waals surface area contributed by atoms with Crippen LogP contribution < -0.4 is 5.32 Å². The predicted molar refractivity (Wildman–Crippen MR) is 77.3 cm³/mol. The molecule has 0 aliphatic heterocycles. The summed E-state index contributed by atoms with van der Waals surface area (Å²) in [6.45, 7) is 1.59. The Hall–Kier alpha value is -1.78. The second kappa shape index (κ2) is 5.47. The molecule has 0 atom stereocenters. The van der Waals surface area contributed by atoms with Crippen LogP contribution in [0.3, 0.4) is 0 Å². The maximum atomic E-state index is 6.35. The van der Waals surface area contributed by atoms with Gasteiger partial charge in [-0.05, 0) is 6.07 Å². The minimum Gasteiger partial charge on any atom is -0.356 e. The number of hydrogen-bond donors (Lipinski definition) is 3. The van der Waals surface area contributed by atoms with Gasteiger partial charge in [0.15, 0.2) is 0 Å². The third kappa shape index (κ3) is 2.64. The molecule has 5 heteroatoms. The fraction of sp³-hybridized carbons (Fsp3) is 0.214. The van der Waals surface area contributed by atoms with Crippen molar-refractivity contribution in [2.45, 2.75) is 13.0 Å². The molecule has 0 bridgehead atoms. The van der Waals surface area contributed by atoms with Crippen molar-refractivity contribution in [2.24, 2.45) is 0 Å². The van der Waals surface area contributed by atoms with Crippen molar-refractivity contribution >= 4 is 22.5 Å². The number of nitrogens with one attached hydrogen (secondary N) is 3. The first-order valence-corrected chi connectivity index (χ1v) is 6.66. The van der Waals surface area contributed by atoms with E-state index in [9.17, 15) is 0 Å². The SMILES string of the molecule is Clc1c(CNCCc2ncc[nH]2)[nH]c2ccccc12. The van der Waals surface area contributed by atoms with Gasteiger partial charge in [-0.15, -0.1) is 0 Å². The van der Waals surface area contributed by atoms with E-state index in [1.54, 1.807) is 6.20 Å². The van der Waals surface area contributed by atoms with Gasteiger partial charge in [0.05, 0.1) is 5.02 Å². The van der Waals surface area contributed by atoms with Gasteiger partial charge >= 0.3 is 0 Å². The number of halogens is 1. The average Bonchev–Trinajstić information content (AvgIpc) is 3.04. The Balaban J connectivity index is 1.61. The number of nitrogens with zero attached hydrogens (tertiary/aromatic N) is 1. The molecule has 3 rings (SSSR count). The molecule has 0 saturated heterocycles. The molecule has 1 aromatic carbocycles. The molecule has 3 N–H and O–H groups in total. The summed E-state index contributed by atoms with van der Waals surface area (Å²) < 4.78 is 0. The largest absolute Gasteiger partial charge is 0.356 e. The van der Waals surface area contributed by atoms with Crippen molar-refractivity contribution in [1.82, 2.24) is 20.3 Å². The zero-order chi connectivity index (χ0) is 13.1. The van der Waals surface area contributed by atoms with Gasteiger partial charge in [0.25, 0.3) is 0 Å². The van der Waals surface area contributed by atoms with E-state index < -0.39 is 0 Å². The van der Waals surface area contributed by atoms with Crippen molar-refractivity contribution in [2.75, 3.05) is 6.54 Å². The lowest BCUT2D eigenvalue weighted by Gasteiger charge is -2.02. The molecule has 4 nitrogen and oxygen atoms in total. The Morgan fingerprint density at radius 2 is 2.16 bits per heavy atom. The van der Waals surface area contributed by atoms with Crippen LogP contribution in [0, 0.1) is 0 Å². The van der Waals surface area contributed by atoms with Crippen LogP contribution in [0.2, 0.25) is 5.02 Å². The highest BCUT2D eigenvalue weighted by molar-refractivity contribution is 6.36. The minimum absolute atomic E-state index is 0.730. The number of aromatic nitrogens is 3. The summed E-state index contributed by atoms with van der Waals surface area (Å²) in [5, 5.41) is 5.25. The number of fused-ring (bicyclic) bond motifs is 1. The molecule has 19 heavy (non-hydrogen) atoms. The van der Waals surface area contributed by atoms with E-state index in [1.165, 1.54) is 0 Å². The number of rotatable bonds is 5. The molecule has 98 valence electrons. The molecule has 0 aliphatic rings. The third-order valence-electron chi connectivity index (χ3n) is 3.11. The second-order valence-corrected chi connectivity index (χ2v) is 4.80. The lowest BCUT2D eigenvalue weighted by molar-refractivity contribution is 0.666. The smallest absolute Gasteiger partial charge is 0.107 e. The van der Waals surface area contributed by atoms with Crippen LogP contribution in [0.4, 0.5) is 0 Å². The molecule has 0 unspecified atom stereocenters. The summed E-state index contributed by atoms with van der Waals surface area (Å²) in [6.07, 6.45) is 4.48. The first kappa shape index (κ1) is 12.3. The van der Waals surface area contributed by atoms with Crippen molar-refractivity contribution in [1.29, 1.82) is 0 Å². The number of imidazole rings is 1. The van der Waals surface area contributed by atoms with Crippen molar-refractivity contribution in [3.8, 4) is 0 Å². The van der Waals surface area contributed by atoms with Crippen LogP contribution in [-0.4, -0.2) is 21.5 Å². The summed E-state index contributed by atoms with van der Waals surface area (Å²) in [4.78, 5) is 10.6. The van der Waals surface area contributed by atoms with Gasteiger partial charge in [-0.1, -0.05) is 29.8 Å². The third-order valence-corrected chi connectivity index (χ3v) is 3.54.